The number of rotatable bonds is 8. The van der Waals surface area contributed by atoms with Crippen LogP contribution >= 0.6 is 0 Å². The first-order chi connectivity index (χ1) is 8.74. The second kappa shape index (κ2) is 7.97. The Morgan fingerprint density at radius 2 is 2.17 bits per heavy atom. The molecule has 0 radical (unpaired) electrons. The average molecular weight is 254 g/mol. The minimum Gasteiger partial charge on any atom is -0.378 e. The summed E-state index contributed by atoms with van der Waals surface area (Å²) in [5.41, 5.74) is 3.33. The standard InChI is InChI=1S/C12H22N4O2/c1-4-6-10(18-5-2)12-14-9(8-17-3)7-11(15-12)16-13/h7,10H,4-6,8,13H2,1-3H3,(H,14,15,16). The second-order valence-corrected chi connectivity index (χ2v) is 3.91. The van der Waals surface area contributed by atoms with Gasteiger partial charge < -0.3 is 14.9 Å². The summed E-state index contributed by atoms with van der Waals surface area (Å²) in [6.45, 7) is 5.12. The highest BCUT2D eigenvalue weighted by atomic mass is 16.5. The van der Waals surface area contributed by atoms with E-state index in [4.69, 9.17) is 15.3 Å². The number of hydrogen-bond donors (Lipinski definition) is 2. The van der Waals surface area contributed by atoms with Crippen LogP contribution in [0.25, 0.3) is 0 Å². The van der Waals surface area contributed by atoms with Crippen LogP contribution in [0.3, 0.4) is 0 Å². The van der Waals surface area contributed by atoms with Gasteiger partial charge in [0.2, 0.25) is 0 Å². The molecular weight excluding hydrogens is 232 g/mol. The Hall–Kier alpha value is -1.24. The number of nitrogens with one attached hydrogen (secondary N) is 1. The molecule has 0 saturated heterocycles. The lowest BCUT2D eigenvalue weighted by molar-refractivity contribution is 0.0489. The highest BCUT2D eigenvalue weighted by molar-refractivity contribution is 5.34. The molecule has 1 aromatic rings. The van der Waals surface area contributed by atoms with Gasteiger partial charge in [-0.3, -0.25) is 0 Å². The number of nitrogens with two attached hydrogens (primary N) is 1. The van der Waals surface area contributed by atoms with E-state index in [1.807, 2.05) is 6.92 Å². The Kier molecular flexibility index (Phi) is 6.56. The van der Waals surface area contributed by atoms with Crippen molar-refractivity contribution >= 4 is 5.82 Å². The van der Waals surface area contributed by atoms with Crippen molar-refractivity contribution in [3.8, 4) is 0 Å². The van der Waals surface area contributed by atoms with Crippen molar-refractivity contribution in [2.45, 2.75) is 39.4 Å². The molecular formula is C12H22N4O2. The molecule has 0 spiro atoms. The minimum atomic E-state index is -0.0936. The first-order valence-corrected chi connectivity index (χ1v) is 6.20. The second-order valence-electron chi connectivity index (χ2n) is 3.91. The number of methoxy groups -OCH3 is 1. The fourth-order valence-electron chi connectivity index (χ4n) is 1.71. The number of hydrogen-bond acceptors (Lipinski definition) is 6. The van der Waals surface area contributed by atoms with E-state index in [-0.39, 0.29) is 6.10 Å². The molecule has 0 aliphatic heterocycles. The first kappa shape index (κ1) is 14.8. The maximum Gasteiger partial charge on any atom is 0.159 e. The molecule has 0 fully saturated rings. The van der Waals surface area contributed by atoms with Crippen LogP contribution < -0.4 is 11.3 Å². The maximum absolute atomic E-state index is 5.67. The number of hydrazine groups is 1. The summed E-state index contributed by atoms with van der Waals surface area (Å²) in [6, 6.07) is 1.77. The molecule has 0 amide bonds. The smallest absolute Gasteiger partial charge is 0.159 e. The van der Waals surface area contributed by atoms with E-state index in [0.717, 1.165) is 18.5 Å². The largest absolute Gasteiger partial charge is 0.378 e. The van der Waals surface area contributed by atoms with E-state index in [1.54, 1.807) is 13.2 Å². The molecule has 1 unspecified atom stereocenters. The molecule has 1 atom stereocenters. The van der Waals surface area contributed by atoms with Crippen molar-refractivity contribution in [2.75, 3.05) is 19.1 Å². The van der Waals surface area contributed by atoms with Crippen LogP contribution in [0, 0.1) is 0 Å². The Bertz CT molecular complexity index is 354. The maximum atomic E-state index is 5.67. The molecule has 1 rings (SSSR count). The van der Waals surface area contributed by atoms with Crippen LogP contribution in [0.2, 0.25) is 0 Å². The van der Waals surface area contributed by atoms with E-state index in [0.29, 0.717) is 24.9 Å². The molecule has 0 aliphatic rings. The zero-order chi connectivity index (χ0) is 13.4. The third-order valence-electron chi connectivity index (χ3n) is 2.44. The van der Waals surface area contributed by atoms with Crippen LogP contribution in [0.5, 0.6) is 0 Å². The molecule has 1 aromatic heterocycles. The molecule has 18 heavy (non-hydrogen) atoms. The predicted octanol–water partition coefficient (Wildman–Crippen LogP) is 1.79. The summed E-state index contributed by atoms with van der Waals surface area (Å²) in [4.78, 5) is 8.80. The van der Waals surface area contributed by atoms with Crippen molar-refractivity contribution in [1.82, 2.24) is 9.97 Å². The number of aromatic nitrogens is 2. The SMILES string of the molecule is CCCC(OCC)c1nc(COC)cc(NN)n1. The van der Waals surface area contributed by atoms with Gasteiger partial charge in [-0.1, -0.05) is 13.3 Å². The molecule has 6 heteroatoms. The molecule has 1 heterocycles. The summed E-state index contributed by atoms with van der Waals surface area (Å²) in [6.07, 6.45) is 1.80. The van der Waals surface area contributed by atoms with E-state index < -0.39 is 0 Å². The quantitative estimate of drug-likeness (QED) is 0.543. The van der Waals surface area contributed by atoms with Crippen LogP contribution in [0.1, 0.15) is 44.3 Å². The van der Waals surface area contributed by atoms with Crippen molar-refractivity contribution in [3.63, 3.8) is 0 Å². The molecule has 0 aliphatic carbocycles. The lowest BCUT2D eigenvalue weighted by atomic mass is 10.2. The highest BCUT2D eigenvalue weighted by Crippen LogP contribution is 2.21. The van der Waals surface area contributed by atoms with Gasteiger partial charge in [-0.15, -0.1) is 0 Å². The van der Waals surface area contributed by atoms with E-state index >= 15 is 0 Å². The Balaban J connectivity index is 2.99. The van der Waals surface area contributed by atoms with Gasteiger partial charge in [-0.2, -0.15) is 0 Å². The summed E-state index contributed by atoms with van der Waals surface area (Å²) in [7, 11) is 1.63. The minimum absolute atomic E-state index is 0.0936. The summed E-state index contributed by atoms with van der Waals surface area (Å²) in [5, 5.41) is 0. The summed E-state index contributed by atoms with van der Waals surface area (Å²) in [5.74, 6) is 6.64. The lowest BCUT2D eigenvalue weighted by Crippen LogP contribution is -2.15. The van der Waals surface area contributed by atoms with Crippen LogP contribution in [-0.4, -0.2) is 23.7 Å². The van der Waals surface area contributed by atoms with Gasteiger partial charge in [0.05, 0.1) is 12.3 Å². The Morgan fingerprint density at radius 3 is 2.72 bits per heavy atom. The zero-order valence-electron chi connectivity index (χ0n) is 11.3. The number of ether oxygens (including phenoxy) is 2. The van der Waals surface area contributed by atoms with E-state index in [1.165, 1.54) is 0 Å². The molecule has 0 aromatic carbocycles. The predicted molar refractivity (Wildman–Crippen MR) is 69.8 cm³/mol. The van der Waals surface area contributed by atoms with Crippen molar-refractivity contribution in [3.05, 3.63) is 17.6 Å². The monoisotopic (exact) mass is 254 g/mol. The van der Waals surface area contributed by atoms with Crippen LogP contribution in [-0.2, 0) is 16.1 Å². The molecule has 0 saturated carbocycles. The molecule has 6 nitrogen and oxygen atoms in total. The normalized spacial score (nSPS) is 12.4. The van der Waals surface area contributed by atoms with Crippen molar-refractivity contribution < 1.29 is 9.47 Å². The molecule has 102 valence electrons. The van der Waals surface area contributed by atoms with Gasteiger partial charge in [-0.25, -0.2) is 15.8 Å². The number of nitrogen functional groups attached to an aromatic ring is 1. The van der Waals surface area contributed by atoms with Gasteiger partial charge in [0.25, 0.3) is 0 Å². The molecule has 0 bridgehead atoms. The third-order valence-corrected chi connectivity index (χ3v) is 2.44. The lowest BCUT2D eigenvalue weighted by Gasteiger charge is -2.16. The highest BCUT2D eigenvalue weighted by Gasteiger charge is 2.15. The first-order valence-electron chi connectivity index (χ1n) is 6.20. The van der Waals surface area contributed by atoms with Crippen molar-refractivity contribution in [1.29, 1.82) is 0 Å². The summed E-state index contributed by atoms with van der Waals surface area (Å²) < 4.78 is 10.7. The topological polar surface area (TPSA) is 82.3 Å². The fourth-order valence-corrected chi connectivity index (χ4v) is 1.71. The van der Waals surface area contributed by atoms with Gasteiger partial charge in [0.1, 0.15) is 11.9 Å². The van der Waals surface area contributed by atoms with Crippen molar-refractivity contribution in [2.24, 2.45) is 5.84 Å². The Morgan fingerprint density at radius 1 is 1.39 bits per heavy atom. The van der Waals surface area contributed by atoms with Gasteiger partial charge in [0, 0.05) is 19.8 Å². The van der Waals surface area contributed by atoms with E-state index in [2.05, 4.69) is 22.3 Å². The van der Waals surface area contributed by atoms with E-state index in [9.17, 15) is 0 Å². The average Bonchev–Trinajstić information content (AvgIpc) is 2.38. The number of nitrogens with zero attached hydrogens (tertiary/aromatic N) is 2. The van der Waals surface area contributed by atoms with Crippen LogP contribution in [0.4, 0.5) is 5.82 Å². The van der Waals surface area contributed by atoms with Gasteiger partial charge in [0.15, 0.2) is 5.82 Å². The number of anilines is 1. The van der Waals surface area contributed by atoms with Gasteiger partial charge in [-0.05, 0) is 13.3 Å². The fraction of sp³-hybridized carbons (Fsp3) is 0.667. The molecule has 3 N–H and O–H groups in total. The summed E-state index contributed by atoms with van der Waals surface area (Å²) >= 11 is 0. The third kappa shape index (κ3) is 4.21. The van der Waals surface area contributed by atoms with Crippen LogP contribution in [0.15, 0.2) is 6.07 Å². The zero-order valence-corrected chi connectivity index (χ0v) is 11.3. The van der Waals surface area contributed by atoms with Gasteiger partial charge >= 0.3 is 0 Å². The Labute approximate surface area is 108 Å².